The van der Waals surface area contributed by atoms with Gasteiger partial charge >= 0.3 is 0 Å². The summed E-state index contributed by atoms with van der Waals surface area (Å²) < 4.78 is 39.2. The van der Waals surface area contributed by atoms with Gasteiger partial charge in [-0.3, -0.25) is 13.9 Å². The second-order valence-electron chi connectivity index (χ2n) is 6.88. The maximum absolute atomic E-state index is 13.6. The predicted octanol–water partition coefficient (Wildman–Crippen LogP) is 3.72. The number of benzene rings is 2. The number of nitrogens with zero attached hydrogens (tertiary/aromatic N) is 2. The van der Waals surface area contributed by atoms with Crippen molar-refractivity contribution in [2.24, 2.45) is 0 Å². The molecule has 1 atom stereocenters. The molecule has 0 unspecified atom stereocenters. The molecule has 0 saturated heterocycles. The van der Waals surface area contributed by atoms with Gasteiger partial charge in [-0.05, 0) is 37.3 Å². The number of rotatable bonds is 8. The summed E-state index contributed by atoms with van der Waals surface area (Å²) in [5.41, 5.74) is 0.395. The largest absolute Gasteiger partial charge is 0.357 e. The smallest absolute Gasteiger partial charge is 0.244 e. The first kappa shape index (κ1) is 26.2. The highest BCUT2D eigenvalue weighted by Crippen LogP contribution is 2.28. The lowest BCUT2D eigenvalue weighted by Gasteiger charge is -2.31. The summed E-state index contributed by atoms with van der Waals surface area (Å²) >= 11 is 18.2. The zero-order valence-electron chi connectivity index (χ0n) is 17.4. The van der Waals surface area contributed by atoms with E-state index >= 15 is 0 Å². The maximum atomic E-state index is 13.6. The molecule has 0 aromatic heterocycles. The number of likely N-dealkylation sites (N-methyl/N-ethyl adjacent to an activating group) is 1. The van der Waals surface area contributed by atoms with Gasteiger partial charge < -0.3 is 10.2 Å². The van der Waals surface area contributed by atoms with Crippen LogP contribution in [0, 0.1) is 5.82 Å². The second-order valence-corrected chi connectivity index (χ2v) is 10.0. The normalized spacial score (nSPS) is 12.2. The second kappa shape index (κ2) is 10.7. The minimum absolute atomic E-state index is 0.00410. The van der Waals surface area contributed by atoms with E-state index in [0.29, 0.717) is 5.56 Å². The molecule has 174 valence electrons. The van der Waals surface area contributed by atoms with E-state index in [4.69, 9.17) is 34.8 Å². The van der Waals surface area contributed by atoms with Crippen molar-refractivity contribution in [1.82, 2.24) is 10.2 Å². The van der Waals surface area contributed by atoms with Gasteiger partial charge in [0.15, 0.2) is 0 Å². The molecule has 0 fully saturated rings. The number of sulfonamides is 1. The Morgan fingerprint density at radius 2 is 1.69 bits per heavy atom. The minimum Gasteiger partial charge on any atom is -0.357 e. The van der Waals surface area contributed by atoms with E-state index in [1.165, 1.54) is 20.0 Å². The van der Waals surface area contributed by atoms with E-state index in [1.807, 2.05) is 0 Å². The number of anilines is 1. The zero-order chi connectivity index (χ0) is 24.2. The van der Waals surface area contributed by atoms with Crippen molar-refractivity contribution in [3.63, 3.8) is 0 Å². The van der Waals surface area contributed by atoms with Crippen LogP contribution >= 0.6 is 34.8 Å². The van der Waals surface area contributed by atoms with Crippen molar-refractivity contribution in [3.8, 4) is 0 Å². The van der Waals surface area contributed by atoms with Crippen LogP contribution in [-0.4, -0.2) is 51.0 Å². The quantitative estimate of drug-likeness (QED) is 0.570. The first-order valence-electron chi connectivity index (χ1n) is 9.23. The van der Waals surface area contributed by atoms with Crippen molar-refractivity contribution in [2.45, 2.75) is 19.5 Å². The molecule has 2 amide bonds. The lowest BCUT2D eigenvalue weighted by atomic mass is 10.1. The molecular weight excluding hydrogens is 504 g/mol. The standard InChI is InChI=1S/C20H21Cl3FN3O4S/c1-12(20(29)25-2)26(10-14-15(21)5-4-6-16(14)22)19(28)11-27(32(3,30)31)13-7-8-18(24)17(23)9-13/h4-9,12H,10-11H2,1-3H3,(H,25,29)/t12-/m0/s1. The van der Waals surface area contributed by atoms with Crippen LogP contribution in [0.1, 0.15) is 12.5 Å². The summed E-state index contributed by atoms with van der Waals surface area (Å²) in [5, 5.41) is 2.71. The fraction of sp³-hybridized carbons (Fsp3) is 0.300. The van der Waals surface area contributed by atoms with Gasteiger partial charge in [0.25, 0.3) is 0 Å². The molecule has 0 bridgehead atoms. The highest BCUT2D eigenvalue weighted by molar-refractivity contribution is 7.92. The van der Waals surface area contributed by atoms with Crippen molar-refractivity contribution in [2.75, 3.05) is 24.2 Å². The van der Waals surface area contributed by atoms with Crippen LogP contribution in [0.3, 0.4) is 0 Å². The molecular formula is C20H21Cl3FN3O4S. The van der Waals surface area contributed by atoms with E-state index in [1.54, 1.807) is 18.2 Å². The topological polar surface area (TPSA) is 86.8 Å². The summed E-state index contributed by atoms with van der Waals surface area (Å²) in [6, 6.07) is 7.10. The number of halogens is 4. The summed E-state index contributed by atoms with van der Waals surface area (Å²) in [7, 11) is -2.55. The van der Waals surface area contributed by atoms with E-state index in [9.17, 15) is 22.4 Å². The highest BCUT2D eigenvalue weighted by atomic mass is 35.5. The van der Waals surface area contributed by atoms with Crippen molar-refractivity contribution >= 4 is 62.3 Å². The molecule has 0 heterocycles. The number of hydrogen-bond acceptors (Lipinski definition) is 4. The average molecular weight is 525 g/mol. The van der Waals surface area contributed by atoms with Crippen LogP contribution in [-0.2, 0) is 26.2 Å². The van der Waals surface area contributed by atoms with Crippen LogP contribution in [0.15, 0.2) is 36.4 Å². The number of carbonyl (C=O) groups is 2. The van der Waals surface area contributed by atoms with E-state index in [0.717, 1.165) is 27.6 Å². The van der Waals surface area contributed by atoms with Crippen LogP contribution in [0.25, 0.3) is 0 Å². The van der Waals surface area contributed by atoms with Crippen molar-refractivity contribution in [3.05, 3.63) is 62.8 Å². The fourth-order valence-corrected chi connectivity index (χ4v) is 4.43. The van der Waals surface area contributed by atoms with Crippen molar-refractivity contribution < 1.29 is 22.4 Å². The molecule has 2 aromatic rings. The molecule has 0 radical (unpaired) electrons. The van der Waals surface area contributed by atoms with Crippen LogP contribution in [0.2, 0.25) is 15.1 Å². The number of carbonyl (C=O) groups excluding carboxylic acids is 2. The monoisotopic (exact) mass is 523 g/mol. The third kappa shape index (κ3) is 6.25. The molecule has 12 heteroatoms. The zero-order valence-corrected chi connectivity index (χ0v) is 20.5. The van der Waals surface area contributed by atoms with Crippen molar-refractivity contribution in [1.29, 1.82) is 0 Å². The van der Waals surface area contributed by atoms with Gasteiger partial charge in [-0.25, -0.2) is 12.8 Å². The lowest BCUT2D eigenvalue weighted by molar-refractivity contribution is -0.139. The third-order valence-corrected chi connectivity index (χ3v) is 6.81. The minimum atomic E-state index is -3.96. The summed E-state index contributed by atoms with van der Waals surface area (Å²) in [6.45, 7) is 0.679. The molecule has 2 rings (SSSR count). The highest BCUT2D eigenvalue weighted by Gasteiger charge is 2.30. The first-order chi connectivity index (χ1) is 14.9. The van der Waals surface area contributed by atoms with Gasteiger partial charge in [0.05, 0.1) is 17.0 Å². The molecule has 0 saturated carbocycles. The van der Waals surface area contributed by atoms with Gasteiger partial charge in [-0.2, -0.15) is 0 Å². The van der Waals surface area contributed by atoms with E-state index in [-0.39, 0.29) is 27.3 Å². The third-order valence-electron chi connectivity index (χ3n) is 4.67. The Labute approximate surface area is 201 Å². The van der Waals surface area contributed by atoms with Gasteiger partial charge in [0, 0.05) is 29.2 Å². The van der Waals surface area contributed by atoms with Crippen LogP contribution in [0.5, 0.6) is 0 Å². The molecule has 7 nitrogen and oxygen atoms in total. The molecule has 0 aliphatic heterocycles. The Bertz CT molecular complexity index is 1110. The number of amides is 2. The Morgan fingerprint density at radius 1 is 1.09 bits per heavy atom. The fourth-order valence-electron chi connectivity index (χ4n) is 2.90. The summed E-state index contributed by atoms with van der Waals surface area (Å²) in [5.74, 6) is -1.92. The summed E-state index contributed by atoms with van der Waals surface area (Å²) in [4.78, 5) is 26.7. The Hall–Kier alpha value is -2.07. The van der Waals surface area contributed by atoms with Gasteiger partial charge in [0.2, 0.25) is 21.8 Å². The lowest BCUT2D eigenvalue weighted by Crippen LogP contribution is -2.50. The van der Waals surface area contributed by atoms with Gasteiger partial charge in [-0.1, -0.05) is 40.9 Å². The first-order valence-corrected chi connectivity index (χ1v) is 12.2. The average Bonchev–Trinajstić information content (AvgIpc) is 2.72. The Balaban J connectivity index is 2.46. The number of nitrogens with one attached hydrogen (secondary N) is 1. The number of hydrogen-bond donors (Lipinski definition) is 1. The summed E-state index contributed by atoms with van der Waals surface area (Å²) in [6.07, 6.45) is 0.898. The molecule has 0 aliphatic rings. The van der Waals surface area contributed by atoms with E-state index in [2.05, 4.69) is 5.32 Å². The van der Waals surface area contributed by atoms with Crippen LogP contribution < -0.4 is 9.62 Å². The molecule has 0 aliphatic carbocycles. The molecule has 1 N–H and O–H groups in total. The Kier molecular flexibility index (Phi) is 8.75. The SMILES string of the molecule is CNC(=O)[C@H](C)N(Cc1c(Cl)cccc1Cl)C(=O)CN(c1ccc(F)c(Cl)c1)S(C)(=O)=O. The van der Waals surface area contributed by atoms with E-state index < -0.39 is 40.2 Å². The predicted molar refractivity (Wildman–Crippen MR) is 124 cm³/mol. The Morgan fingerprint density at radius 3 is 2.19 bits per heavy atom. The van der Waals surface area contributed by atoms with Gasteiger partial charge in [-0.15, -0.1) is 0 Å². The molecule has 2 aromatic carbocycles. The molecule has 0 spiro atoms. The molecule has 32 heavy (non-hydrogen) atoms. The maximum Gasteiger partial charge on any atom is 0.244 e. The van der Waals surface area contributed by atoms with Crippen LogP contribution in [0.4, 0.5) is 10.1 Å². The van der Waals surface area contributed by atoms with Gasteiger partial charge in [0.1, 0.15) is 18.4 Å².